The molecule has 1 aliphatic rings. The molecule has 0 saturated heterocycles. The summed E-state index contributed by atoms with van der Waals surface area (Å²) in [5.41, 5.74) is 2.23. The highest BCUT2D eigenvalue weighted by molar-refractivity contribution is 5.42. The van der Waals surface area contributed by atoms with Crippen LogP contribution >= 0.6 is 0 Å². The van der Waals surface area contributed by atoms with E-state index in [0.29, 0.717) is 18.1 Å². The largest absolute Gasteiger partial charge is 0.508 e. The summed E-state index contributed by atoms with van der Waals surface area (Å²) in [6.07, 6.45) is 8.78. The van der Waals surface area contributed by atoms with Crippen molar-refractivity contribution in [2.24, 2.45) is 5.92 Å². The van der Waals surface area contributed by atoms with Gasteiger partial charge in [-0.05, 0) is 73.0 Å². The van der Waals surface area contributed by atoms with Crippen molar-refractivity contribution in [1.82, 2.24) is 0 Å². The van der Waals surface area contributed by atoms with Gasteiger partial charge in [0.1, 0.15) is 5.75 Å². The van der Waals surface area contributed by atoms with Crippen molar-refractivity contribution in [2.45, 2.75) is 96.0 Å². The van der Waals surface area contributed by atoms with E-state index in [4.69, 9.17) is 0 Å². The van der Waals surface area contributed by atoms with E-state index in [1.54, 1.807) is 0 Å². The number of phenols is 1. The molecule has 1 saturated carbocycles. The van der Waals surface area contributed by atoms with Crippen molar-refractivity contribution in [1.29, 1.82) is 0 Å². The molecule has 0 aliphatic heterocycles. The average Bonchev–Trinajstić information content (AvgIpc) is 2.60. The van der Waals surface area contributed by atoms with Crippen molar-refractivity contribution in [3.8, 4) is 5.75 Å². The number of aromatic hydroxyl groups is 1. The van der Waals surface area contributed by atoms with Crippen LogP contribution in [-0.4, -0.2) is 28.0 Å². The summed E-state index contributed by atoms with van der Waals surface area (Å²) in [5.74, 6) is 0.988. The van der Waals surface area contributed by atoms with Crippen molar-refractivity contribution in [2.75, 3.05) is 6.61 Å². The number of phenolic OH excluding ortho intramolecular Hbond substituents is 1. The SMILES string of the molecule is CCCCCC(C)(C)c1ccc(C2CC(O)CCC2CCCO)c(O)c1. The lowest BCUT2D eigenvalue weighted by atomic mass is 9.71. The quantitative estimate of drug-likeness (QED) is 0.525. The summed E-state index contributed by atoms with van der Waals surface area (Å²) < 4.78 is 0. The standard InChI is InChI=1S/C23H38O3/c1-4-5-6-13-23(2,3)18-10-12-20(22(26)15-18)21-16-19(25)11-9-17(21)8-7-14-24/h10,12,15,17,19,21,24-26H,4-9,11,13-14,16H2,1-3H3. The molecule has 3 heteroatoms. The summed E-state index contributed by atoms with van der Waals surface area (Å²) in [5, 5.41) is 30.1. The Hall–Kier alpha value is -1.06. The molecule has 148 valence electrons. The Bertz CT molecular complexity index is 550. The van der Waals surface area contributed by atoms with Gasteiger partial charge >= 0.3 is 0 Å². The molecule has 0 heterocycles. The van der Waals surface area contributed by atoms with Gasteiger partial charge in [0.25, 0.3) is 0 Å². The smallest absolute Gasteiger partial charge is 0.119 e. The Morgan fingerprint density at radius 3 is 2.54 bits per heavy atom. The molecule has 3 N–H and O–H groups in total. The third-order valence-electron chi connectivity index (χ3n) is 6.32. The van der Waals surface area contributed by atoms with Gasteiger partial charge in [0.05, 0.1) is 6.10 Å². The molecule has 0 amide bonds. The molecule has 0 aromatic heterocycles. The van der Waals surface area contributed by atoms with Gasteiger partial charge in [0.15, 0.2) is 0 Å². The van der Waals surface area contributed by atoms with E-state index in [1.807, 2.05) is 6.07 Å². The van der Waals surface area contributed by atoms with E-state index in [2.05, 4.69) is 32.9 Å². The molecule has 0 spiro atoms. The van der Waals surface area contributed by atoms with E-state index in [1.165, 1.54) is 24.8 Å². The molecule has 26 heavy (non-hydrogen) atoms. The minimum Gasteiger partial charge on any atom is -0.508 e. The molecule has 0 radical (unpaired) electrons. The fourth-order valence-electron chi connectivity index (χ4n) is 4.53. The summed E-state index contributed by atoms with van der Waals surface area (Å²) in [4.78, 5) is 0. The fraction of sp³-hybridized carbons (Fsp3) is 0.739. The highest BCUT2D eigenvalue weighted by atomic mass is 16.3. The van der Waals surface area contributed by atoms with Crippen LogP contribution in [0.3, 0.4) is 0 Å². The van der Waals surface area contributed by atoms with Gasteiger partial charge in [-0.1, -0.05) is 52.2 Å². The number of aliphatic hydroxyl groups is 2. The van der Waals surface area contributed by atoms with Crippen molar-refractivity contribution >= 4 is 0 Å². The minimum atomic E-state index is -0.282. The normalized spacial score (nSPS) is 24.0. The summed E-state index contributed by atoms with van der Waals surface area (Å²) in [7, 11) is 0. The Morgan fingerprint density at radius 2 is 1.88 bits per heavy atom. The highest BCUT2D eigenvalue weighted by Crippen LogP contribution is 2.44. The zero-order chi connectivity index (χ0) is 19.2. The van der Waals surface area contributed by atoms with Gasteiger partial charge in [0, 0.05) is 6.61 Å². The second-order valence-corrected chi connectivity index (χ2v) is 8.81. The van der Waals surface area contributed by atoms with Crippen LogP contribution < -0.4 is 0 Å². The first kappa shape index (κ1) is 21.2. The first-order valence-electron chi connectivity index (χ1n) is 10.5. The van der Waals surface area contributed by atoms with E-state index in [9.17, 15) is 15.3 Å². The molecule has 1 aliphatic carbocycles. The molecule has 3 atom stereocenters. The van der Waals surface area contributed by atoms with E-state index < -0.39 is 0 Å². The van der Waals surface area contributed by atoms with Gasteiger partial charge in [-0.15, -0.1) is 0 Å². The van der Waals surface area contributed by atoms with Crippen LogP contribution in [0.25, 0.3) is 0 Å². The maximum atomic E-state index is 10.8. The molecule has 0 bridgehead atoms. The molecule has 1 fully saturated rings. The first-order chi connectivity index (χ1) is 12.4. The molecule has 1 aromatic carbocycles. The monoisotopic (exact) mass is 362 g/mol. The van der Waals surface area contributed by atoms with Crippen LogP contribution in [0.2, 0.25) is 0 Å². The number of rotatable bonds is 9. The fourth-order valence-corrected chi connectivity index (χ4v) is 4.53. The maximum Gasteiger partial charge on any atom is 0.119 e. The summed E-state index contributed by atoms with van der Waals surface area (Å²) >= 11 is 0. The van der Waals surface area contributed by atoms with Gasteiger partial charge in [-0.2, -0.15) is 0 Å². The predicted molar refractivity (Wildman–Crippen MR) is 108 cm³/mol. The Balaban J connectivity index is 2.18. The number of hydrogen-bond donors (Lipinski definition) is 3. The van der Waals surface area contributed by atoms with Crippen LogP contribution in [-0.2, 0) is 5.41 Å². The van der Waals surface area contributed by atoms with Crippen LogP contribution in [0.1, 0.15) is 95.6 Å². The van der Waals surface area contributed by atoms with E-state index in [-0.39, 0.29) is 24.0 Å². The maximum absolute atomic E-state index is 10.8. The minimum absolute atomic E-state index is 0.0630. The predicted octanol–water partition coefficient (Wildman–Crippen LogP) is 5.27. The average molecular weight is 363 g/mol. The molecule has 3 unspecified atom stereocenters. The van der Waals surface area contributed by atoms with Gasteiger partial charge < -0.3 is 15.3 Å². The van der Waals surface area contributed by atoms with Crippen LogP contribution in [0, 0.1) is 5.92 Å². The zero-order valence-electron chi connectivity index (χ0n) is 16.9. The zero-order valence-corrected chi connectivity index (χ0v) is 16.9. The van der Waals surface area contributed by atoms with Crippen molar-refractivity contribution in [3.05, 3.63) is 29.3 Å². The lowest BCUT2D eigenvalue weighted by Crippen LogP contribution is -2.27. The topological polar surface area (TPSA) is 60.7 Å². The molecular weight excluding hydrogens is 324 g/mol. The number of aliphatic hydroxyl groups excluding tert-OH is 2. The Labute approximate surface area is 159 Å². The first-order valence-corrected chi connectivity index (χ1v) is 10.5. The number of benzene rings is 1. The molecular formula is C23H38O3. The number of unbranched alkanes of at least 4 members (excludes halogenated alkanes) is 2. The lowest BCUT2D eigenvalue weighted by molar-refractivity contribution is 0.0879. The van der Waals surface area contributed by atoms with Crippen molar-refractivity contribution in [3.63, 3.8) is 0 Å². The summed E-state index contributed by atoms with van der Waals surface area (Å²) in [6, 6.07) is 6.21. The second-order valence-electron chi connectivity index (χ2n) is 8.81. The van der Waals surface area contributed by atoms with Gasteiger partial charge in [-0.3, -0.25) is 0 Å². The van der Waals surface area contributed by atoms with E-state index in [0.717, 1.165) is 37.7 Å². The van der Waals surface area contributed by atoms with Crippen molar-refractivity contribution < 1.29 is 15.3 Å². The lowest BCUT2D eigenvalue weighted by Gasteiger charge is -2.35. The van der Waals surface area contributed by atoms with E-state index >= 15 is 0 Å². The third-order valence-corrected chi connectivity index (χ3v) is 6.32. The second kappa shape index (κ2) is 9.75. The van der Waals surface area contributed by atoms with Crippen LogP contribution in [0.4, 0.5) is 0 Å². The van der Waals surface area contributed by atoms with Gasteiger partial charge in [-0.25, -0.2) is 0 Å². The Morgan fingerprint density at radius 1 is 1.12 bits per heavy atom. The van der Waals surface area contributed by atoms with Crippen LogP contribution in [0.15, 0.2) is 18.2 Å². The molecule has 1 aromatic rings. The molecule has 3 nitrogen and oxygen atoms in total. The summed E-state index contributed by atoms with van der Waals surface area (Å²) in [6.45, 7) is 6.94. The third kappa shape index (κ3) is 5.47. The highest BCUT2D eigenvalue weighted by Gasteiger charge is 2.32. The Kier molecular flexibility index (Phi) is 7.97. The number of hydrogen-bond acceptors (Lipinski definition) is 3. The van der Waals surface area contributed by atoms with Crippen LogP contribution in [0.5, 0.6) is 5.75 Å². The molecule has 2 rings (SSSR count). The van der Waals surface area contributed by atoms with Gasteiger partial charge in [0.2, 0.25) is 0 Å².